The molecule has 0 fully saturated rings. The van der Waals surface area contributed by atoms with Crippen molar-refractivity contribution in [3.8, 4) is 28.2 Å². The van der Waals surface area contributed by atoms with Crippen molar-refractivity contribution >= 4 is 57.1 Å². The van der Waals surface area contributed by atoms with E-state index in [0.29, 0.717) is 19.0 Å². The first-order valence-corrected chi connectivity index (χ1v) is 18.6. The summed E-state index contributed by atoms with van der Waals surface area (Å²) in [5, 5.41) is 11.1. The van der Waals surface area contributed by atoms with Gasteiger partial charge in [0.1, 0.15) is 0 Å². The van der Waals surface area contributed by atoms with Crippen LogP contribution in [0.3, 0.4) is 0 Å². The van der Waals surface area contributed by atoms with Crippen LogP contribution in [0.5, 0.6) is 0 Å². The molecule has 254 valence electrons. The van der Waals surface area contributed by atoms with Crippen LogP contribution in [0, 0.1) is 0 Å². The third-order valence-corrected chi connectivity index (χ3v) is 12.1. The summed E-state index contributed by atoms with van der Waals surface area (Å²) in [6, 6.07) is 44.9. The van der Waals surface area contributed by atoms with Gasteiger partial charge in [-0.1, -0.05) is 145 Å². The Balaban J connectivity index is 1.06. The number of hydrogen-bond donors (Lipinski definition) is 2. The fraction of sp³-hybridized carbons (Fsp3) is 0.133. The number of rotatable bonds is 7. The Morgan fingerprint density at radius 3 is 1.45 bits per heavy atom. The molecule has 6 nitrogen and oxygen atoms in total. The minimum Gasteiger partial charge on any atom is -0.330 e. The van der Waals surface area contributed by atoms with Crippen molar-refractivity contribution in [1.29, 1.82) is 0 Å². The van der Waals surface area contributed by atoms with E-state index in [-0.39, 0.29) is 25.3 Å². The zero-order chi connectivity index (χ0) is 35.8. The van der Waals surface area contributed by atoms with Crippen molar-refractivity contribution in [3.63, 3.8) is 0 Å². The van der Waals surface area contributed by atoms with Crippen LogP contribution in [-0.2, 0) is 0 Å². The summed E-state index contributed by atoms with van der Waals surface area (Å²) in [6.07, 6.45) is 3.34. The van der Waals surface area contributed by atoms with Crippen molar-refractivity contribution in [2.75, 3.05) is 13.1 Å². The van der Waals surface area contributed by atoms with Crippen molar-refractivity contribution in [1.82, 2.24) is 19.7 Å². The first-order valence-electron chi connectivity index (χ1n) is 18.6. The maximum absolute atomic E-state index is 6.36. The highest BCUT2D eigenvalue weighted by molar-refractivity contribution is 6.84. The van der Waals surface area contributed by atoms with Gasteiger partial charge in [0, 0.05) is 35.7 Å². The molecule has 4 N–H and O–H groups in total. The quantitative estimate of drug-likeness (QED) is 0.214. The van der Waals surface area contributed by atoms with Crippen LogP contribution >= 0.6 is 0 Å². The second-order valence-electron chi connectivity index (χ2n) is 14.7. The standard InChI is InChI=1S/C45H38B2N6/c1-46(27-11-15-35-31-7-3-5-9-33(31)41(25-48)39(35)21-27)29-13-17-37-38-18-14-30(24-44(38)53(43(37)23-29)45-50-19-20-51-52-45)47(2)28-12-16-36-32-8-4-6-10-34(32)42(26-49)40(36)22-28/h3-24,41-42H,25-26,48-49H2,1-2H3. The largest absolute Gasteiger partial charge is 0.330 e. The molecule has 2 aliphatic rings. The van der Waals surface area contributed by atoms with Gasteiger partial charge >= 0.3 is 0 Å². The molecule has 2 unspecified atom stereocenters. The van der Waals surface area contributed by atoms with Crippen LogP contribution in [0.2, 0.25) is 13.6 Å². The Morgan fingerprint density at radius 2 is 0.981 bits per heavy atom. The number of benzene rings is 6. The highest BCUT2D eigenvalue weighted by Gasteiger charge is 2.30. The van der Waals surface area contributed by atoms with Gasteiger partial charge in [0.05, 0.1) is 23.4 Å². The third-order valence-electron chi connectivity index (χ3n) is 12.1. The van der Waals surface area contributed by atoms with E-state index in [4.69, 9.17) is 16.5 Å². The highest BCUT2D eigenvalue weighted by Crippen LogP contribution is 2.45. The summed E-state index contributed by atoms with van der Waals surface area (Å²) in [7, 11) is 0. The molecule has 2 aliphatic carbocycles. The fourth-order valence-electron chi connectivity index (χ4n) is 9.24. The molecule has 2 atom stereocenters. The molecule has 10 rings (SSSR count). The molecule has 0 saturated carbocycles. The van der Waals surface area contributed by atoms with E-state index in [2.05, 4.69) is 150 Å². The minimum atomic E-state index is 0.159. The highest BCUT2D eigenvalue weighted by atomic mass is 15.3. The Kier molecular flexibility index (Phi) is 7.46. The molecular formula is C45H38B2N6. The number of hydrogen-bond acceptors (Lipinski definition) is 5. The van der Waals surface area contributed by atoms with E-state index in [1.165, 1.54) is 66.4 Å². The predicted molar refractivity (Wildman–Crippen MR) is 221 cm³/mol. The lowest BCUT2D eigenvalue weighted by Crippen LogP contribution is -2.39. The van der Waals surface area contributed by atoms with Gasteiger partial charge in [0.25, 0.3) is 5.95 Å². The first kappa shape index (κ1) is 31.9. The van der Waals surface area contributed by atoms with E-state index in [1.807, 2.05) is 0 Å². The summed E-state index contributed by atoms with van der Waals surface area (Å²) in [4.78, 5) is 4.71. The maximum Gasteiger partial charge on any atom is 0.254 e. The summed E-state index contributed by atoms with van der Waals surface area (Å²) >= 11 is 0. The predicted octanol–water partition coefficient (Wildman–Crippen LogP) is 5.59. The zero-order valence-corrected chi connectivity index (χ0v) is 29.9. The Hall–Kier alpha value is -5.82. The first-order chi connectivity index (χ1) is 26.0. The molecule has 0 saturated heterocycles. The van der Waals surface area contributed by atoms with Gasteiger partial charge < -0.3 is 11.5 Å². The summed E-state index contributed by atoms with van der Waals surface area (Å²) in [6.45, 7) is 6.09. The van der Waals surface area contributed by atoms with Crippen molar-refractivity contribution < 1.29 is 0 Å². The lowest BCUT2D eigenvalue weighted by molar-refractivity contribution is 0.842. The van der Waals surface area contributed by atoms with Gasteiger partial charge in [0.15, 0.2) is 0 Å². The lowest BCUT2D eigenvalue weighted by Gasteiger charge is -2.15. The van der Waals surface area contributed by atoms with Crippen LogP contribution in [0.25, 0.3) is 50.0 Å². The summed E-state index contributed by atoms with van der Waals surface area (Å²) in [5.41, 5.74) is 30.4. The van der Waals surface area contributed by atoms with Crippen molar-refractivity contribution in [3.05, 3.63) is 156 Å². The Bertz CT molecular complexity index is 2560. The van der Waals surface area contributed by atoms with E-state index >= 15 is 0 Å². The number of fused-ring (bicyclic) bond motifs is 9. The minimum absolute atomic E-state index is 0.159. The Morgan fingerprint density at radius 1 is 0.528 bits per heavy atom. The van der Waals surface area contributed by atoms with Crippen LogP contribution < -0.4 is 33.3 Å². The number of nitrogens with two attached hydrogens (primary N) is 2. The van der Waals surface area contributed by atoms with E-state index in [9.17, 15) is 0 Å². The van der Waals surface area contributed by atoms with Crippen LogP contribution in [0.1, 0.15) is 34.1 Å². The second-order valence-corrected chi connectivity index (χ2v) is 14.7. The van der Waals surface area contributed by atoms with Gasteiger partial charge in [-0.2, -0.15) is 5.10 Å². The van der Waals surface area contributed by atoms with Crippen molar-refractivity contribution in [2.45, 2.75) is 25.5 Å². The lowest BCUT2D eigenvalue weighted by atomic mass is 9.42. The monoisotopic (exact) mass is 684 g/mol. The molecule has 0 radical (unpaired) electrons. The van der Waals surface area contributed by atoms with Gasteiger partial charge in [-0.25, -0.2) is 4.98 Å². The van der Waals surface area contributed by atoms with E-state index < -0.39 is 0 Å². The SMILES string of the molecule is CB(c1ccc2c(c1)C(CN)c1ccccc1-2)c1ccc2c3ccc(B(C)c4ccc5c(c4)C(CN)c4ccccc4-5)cc3n(-c3nccnn3)c2c1. The number of aromatic nitrogens is 4. The zero-order valence-electron chi connectivity index (χ0n) is 29.9. The van der Waals surface area contributed by atoms with E-state index in [0.717, 1.165) is 21.8 Å². The Labute approximate surface area is 310 Å². The molecule has 0 aliphatic heterocycles. The van der Waals surface area contributed by atoms with E-state index in [1.54, 1.807) is 12.4 Å². The number of nitrogens with zero attached hydrogens (tertiary/aromatic N) is 4. The molecule has 0 spiro atoms. The molecule has 0 amide bonds. The second kappa shape index (κ2) is 12.4. The van der Waals surface area contributed by atoms with Gasteiger partial charge in [0.2, 0.25) is 13.4 Å². The molecule has 53 heavy (non-hydrogen) atoms. The molecular weight excluding hydrogens is 646 g/mol. The van der Waals surface area contributed by atoms with Gasteiger partial charge in [-0.3, -0.25) is 4.57 Å². The molecule has 0 bridgehead atoms. The molecule has 8 heteroatoms. The normalized spacial score (nSPS) is 15.3. The van der Waals surface area contributed by atoms with Gasteiger partial charge in [-0.15, -0.1) is 5.10 Å². The summed E-state index contributed by atoms with van der Waals surface area (Å²) in [5.74, 6) is 0.991. The molecule has 2 aromatic heterocycles. The smallest absolute Gasteiger partial charge is 0.254 e. The van der Waals surface area contributed by atoms with Crippen molar-refractivity contribution in [2.24, 2.45) is 11.5 Å². The van der Waals surface area contributed by atoms with Crippen LogP contribution in [0.15, 0.2) is 134 Å². The maximum atomic E-state index is 6.36. The fourth-order valence-corrected chi connectivity index (χ4v) is 9.24. The summed E-state index contributed by atoms with van der Waals surface area (Å²) < 4.78 is 2.18. The molecule has 6 aromatic carbocycles. The molecule has 8 aromatic rings. The topological polar surface area (TPSA) is 95.6 Å². The third kappa shape index (κ3) is 4.86. The van der Waals surface area contributed by atoms with Gasteiger partial charge in [-0.05, 0) is 56.6 Å². The average molecular weight is 684 g/mol. The average Bonchev–Trinajstić information content (AvgIpc) is 3.84. The molecule has 2 heterocycles. The van der Waals surface area contributed by atoms with Crippen LogP contribution in [-0.4, -0.2) is 46.3 Å². The van der Waals surface area contributed by atoms with Crippen LogP contribution in [0.4, 0.5) is 0 Å².